The molecule has 0 aromatic carbocycles. The molecule has 0 fully saturated rings. The van der Waals surface area contributed by atoms with E-state index in [0.717, 1.165) is 6.07 Å². The summed E-state index contributed by atoms with van der Waals surface area (Å²) in [5, 5.41) is 16.7. The van der Waals surface area contributed by atoms with E-state index in [4.69, 9.17) is 0 Å². The van der Waals surface area contributed by atoms with Gasteiger partial charge in [-0.3, -0.25) is 0 Å². The molecule has 2 aromatic rings. The maximum Gasteiger partial charge on any atom is 0.435 e. The molecule has 0 aliphatic rings. The molecule has 0 saturated carbocycles. The Kier molecular flexibility index (Phi) is 3.64. The van der Waals surface area contributed by atoms with E-state index < -0.39 is 17.8 Å². The fourth-order valence-electron chi connectivity index (χ4n) is 1.57. The number of halogens is 3. The first-order valence-corrected chi connectivity index (χ1v) is 5.45. The topological polar surface area (TPSA) is 69.8 Å². The van der Waals surface area contributed by atoms with E-state index in [0.29, 0.717) is 5.56 Å². The number of aromatic nitrogens is 3. The van der Waals surface area contributed by atoms with Crippen molar-refractivity contribution in [2.45, 2.75) is 12.7 Å². The maximum atomic E-state index is 12.5. The Hall–Kier alpha value is -2.51. The Morgan fingerprint density at radius 1 is 1.25 bits per heavy atom. The van der Waals surface area contributed by atoms with Gasteiger partial charge in [0.05, 0.1) is 6.20 Å². The molecule has 2 aromatic heterocycles. The van der Waals surface area contributed by atoms with E-state index in [-0.39, 0.29) is 12.1 Å². The summed E-state index contributed by atoms with van der Waals surface area (Å²) in [6.07, 6.45) is -0.502. The SMILES string of the molecule is O=C([O-])C[n+]1ccc(-c2cnnc(C(F)(F)F)c2)cc1. The summed E-state index contributed by atoms with van der Waals surface area (Å²) < 4.78 is 38.9. The standard InChI is InChI=1S/C12H8F3N3O2/c13-12(14,15)10-5-9(6-16-17-10)8-1-3-18(4-2-8)7-11(19)20/h1-6H,7H2. The Labute approximate surface area is 111 Å². The molecule has 0 radical (unpaired) electrons. The predicted molar refractivity (Wildman–Crippen MR) is 57.7 cm³/mol. The van der Waals surface area contributed by atoms with Crippen LogP contribution in [0.5, 0.6) is 0 Å². The number of carboxylic acids is 1. The molecule has 2 rings (SSSR count). The lowest BCUT2D eigenvalue weighted by Crippen LogP contribution is -2.43. The van der Waals surface area contributed by atoms with Crippen LogP contribution >= 0.6 is 0 Å². The molecule has 5 nitrogen and oxygen atoms in total. The van der Waals surface area contributed by atoms with Crippen LogP contribution in [0.3, 0.4) is 0 Å². The maximum absolute atomic E-state index is 12.5. The van der Waals surface area contributed by atoms with Crippen LogP contribution in [0.2, 0.25) is 0 Å². The highest BCUT2D eigenvalue weighted by molar-refractivity contribution is 5.63. The second-order valence-corrected chi connectivity index (χ2v) is 3.96. The Bertz CT molecular complexity index is 627. The molecule has 0 N–H and O–H groups in total. The number of pyridine rings is 1. The van der Waals surface area contributed by atoms with Gasteiger partial charge in [0, 0.05) is 17.7 Å². The Morgan fingerprint density at radius 3 is 2.45 bits per heavy atom. The molecule has 8 heteroatoms. The van der Waals surface area contributed by atoms with Gasteiger partial charge in [-0.05, 0) is 11.6 Å². The number of rotatable bonds is 3. The van der Waals surface area contributed by atoms with Gasteiger partial charge in [0.25, 0.3) is 0 Å². The van der Waals surface area contributed by atoms with Crippen molar-refractivity contribution in [2.24, 2.45) is 0 Å². The summed E-state index contributed by atoms with van der Waals surface area (Å²) in [5.41, 5.74) is -0.366. The molecular formula is C12H8F3N3O2. The molecule has 0 spiro atoms. The molecule has 20 heavy (non-hydrogen) atoms. The van der Waals surface area contributed by atoms with E-state index in [2.05, 4.69) is 10.2 Å². The zero-order valence-corrected chi connectivity index (χ0v) is 9.96. The Balaban J connectivity index is 2.30. The lowest BCUT2D eigenvalue weighted by Gasteiger charge is -2.06. The van der Waals surface area contributed by atoms with Crippen molar-refractivity contribution in [3.63, 3.8) is 0 Å². The predicted octanol–water partition coefficient (Wildman–Crippen LogP) is 0.200. The van der Waals surface area contributed by atoms with Crippen molar-refractivity contribution in [3.05, 3.63) is 42.5 Å². The number of alkyl halides is 3. The fraction of sp³-hybridized carbons (Fsp3) is 0.167. The largest absolute Gasteiger partial charge is 0.544 e. The zero-order chi connectivity index (χ0) is 14.8. The highest BCUT2D eigenvalue weighted by atomic mass is 19.4. The minimum absolute atomic E-state index is 0.243. The summed E-state index contributed by atoms with van der Waals surface area (Å²) in [6.45, 7) is -0.331. The number of hydrogen-bond donors (Lipinski definition) is 0. The van der Waals surface area contributed by atoms with Crippen molar-refractivity contribution in [1.29, 1.82) is 0 Å². The van der Waals surface area contributed by atoms with Crippen LogP contribution in [-0.2, 0) is 17.5 Å². The van der Waals surface area contributed by atoms with Gasteiger partial charge in [0.1, 0.15) is 5.97 Å². The normalized spacial score (nSPS) is 11.3. The second-order valence-electron chi connectivity index (χ2n) is 3.96. The zero-order valence-electron chi connectivity index (χ0n) is 9.96. The van der Waals surface area contributed by atoms with Gasteiger partial charge in [0.2, 0.25) is 0 Å². The molecular weight excluding hydrogens is 275 g/mol. The van der Waals surface area contributed by atoms with E-state index in [1.54, 1.807) is 0 Å². The van der Waals surface area contributed by atoms with Gasteiger partial charge in [-0.15, -0.1) is 5.10 Å². The number of hydrogen-bond acceptors (Lipinski definition) is 4. The summed E-state index contributed by atoms with van der Waals surface area (Å²) >= 11 is 0. The Morgan fingerprint density at radius 2 is 1.90 bits per heavy atom. The molecule has 0 amide bonds. The van der Waals surface area contributed by atoms with Crippen molar-refractivity contribution in [3.8, 4) is 11.1 Å². The van der Waals surface area contributed by atoms with E-state index in [9.17, 15) is 23.1 Å². The molecule has 0 aliphatic carbocycles. The van der Waals surface area contributed by atoms with Crippen LogP contribution in [0.15, 0.2) is 36.8 Å². The van der Waals surface area contributed by atoms with Crippen molar-refractivity contribution < 1.29 is 27.6 Å². The number of nitrogens with zero attached hydrogens (tertiary/aromatic N) is 3. The minimum Gasteiger partial charge on any atom is -0.544 e. The van der Waals surface area contributed by atoms with Gasteiger partial charge in [-0.25, -0.2) is 0 Å². The molecule has 0 unspecified atom stereocenters. The smallest absolute Gasteiger partial charge is 0.435 e. The average Bonchev–Trinajstić information content (AvgIpc) is 2.38. The van der Waals surface area contributed by atoms with Crippen LogP contribution < -0.4 is 9.67 Å². The van der Waals surface area contributed by atoms with Crippen LogP contribution in [0.25, 0.3) is 11.1 Å². The highest BCUT2D eigenvalue weighted by Gasteiger charge is 2.33. The first kappa shape index (κ1) is 13.9. The quantitative estimate of drug-likeness (QED) is 0.755. The molecule has 2 heterocycles. The highest BCUT2D eigenvalue weighted by Crippen LogP contribution is 2.29. The second kappa shape index (κ2) is 5.24. The first-order chi connectivity index (χ1) is 9.36. The minimum atomic E-state index is -4.56. The average molecular weight is 283 g/mol. The molecule has 0 saturated heterocycles. The third-order valence-electron chi connectivity index (χ3n) is 2.48. The van der Waals surface area contributed by atoms with Gasteiger partial charge in [0.15, 0.2) is 24.6 Å². The molecule has 0 bridgehead atoms. The fourth-order valence-corrected chi connectivity index (χ4v) is 1.57. The van der Waals surface area contributed by atoms with E-state index in [1.807, 2.05) is 0 Å². The summed E-state index contributed by atoms with van der Waals surface area (Å²) in [6, 6.07) is 3.85. The number of carbonyl (C=O) groups is 1. The monoisotopic (exact) mass is 283 g/mol. The molecule has 104 valence electrons. The number of carbonyl (C=O) groups excluding carboxylic acids is 1. The third-order valence-corrected chi connectivity index (χ3v) is 2.48. The van der Waals surface area contributed by atoms with Crippen LogP contribution in [-0.4, -0.2) is 16.2 Å². The number of aliphatic carboxylic acids is 1. The molecule has 0 aliphatic heterocycles. The van der Waals surface area contributed by atoms with Gasteiger partial charge >= 0.3 is 6.18 Å². The first-order valence-electron chi connectivity index (χ1n) is 5.45. The van der Waals surface area contributed by atoms with Gasteiger partial charge in [-0.2, -0.15) is 22.8 Å². The summed E-state index contributed by atoms with van der Waals surface area (Å²) in [7, 11) is 0. The van der Waals surface area contributed by atoms with Crippen LogP contribution in [0.1, 0.15) is 5.69 Å². The third kappa shape index (κ3) is 3.28. The van der Waals surface area contributed by atoms with Crippen molar-refractivity contribution in [2.75, 3.05) is 0 Å². The molecule has 0 atom stereocenters. The van der Waals surface area contributed by atoms with Gasteiger partial charge in [-0.1, -0.05) is 0 Å². The van der Waals surface area contributed by atoms with E-state index in [1.165, 1.54) is 35.3 Å². The van der Waals surface area contributed by atoms with Gasteiger partial charge < -0.3 is 9.90 Å². The van der Waals surface area contributed by atoms with Crippen molar-refractivity contribution in [1.82, 2.24) is 10.2 Å². The lowest BCUT2D eigenvalue weighted by atomic mass is 10.1. The summed E-state index contributed by atoms with van der Waals surface area (Å²) in [4.78, 5) is 10.4. The lowest BCUT2D eigenvalue weighted by molar-refractivity contribution is -0.690. The van der Waals surface area contributed by atoms with Crippen LogP contribution in [0, 0.1) is 0 Å². The van der Waals surface area contributed by atoms with Crippen LogP contribution in [0.4, 0.5) is 13.2 Å². The van der Waals surface area contributed by atoms with Crippen molar-refractivity contribution >= 4 is 5.97 Å². The summed E-state index contributed by atoms with van der Waals surface area (Å²) in [5.74, 6) is -1.26. The number of carboxylic acid groups (broad SMARTS) is 1. The van der Waals surface area contributed by atoms with E-state index >= 15 is 0 Å².